The van der Waals surface area contributed by atoms with E-state index in [2.05, 4.69) is 18.9 Å². The molecular formula is C8H12O6. The third-order valence-corrected chi connectivity index (χ3v) is 1.50. The minimum atomic E-state index is -0.734. The van der Waals surface area contributed by atoms with Gasteiger partial charge in [-0.2, -0.15) is 0 Å². The summed E-state index contributed by atoms with van der Waals surface area (Å²) in [5, 5.41) is 0. The van der Waals surface area contributed by atoms with Crippen LogP contribution in [-0.2, 0) is 18.9 Å². The van der Waals surface area contributed by atoms with Crippen LogP contribution >= 0.6 is 0 Å². The Kier molecular flexibility index (Phi) is 4.60. The van der Waals surface area contributed by atoms with Crippen molar-refractivity contribution >= 4 is 12.3 Å². The third-order valence-electron chi connectivity index (χ3n) is 1.50. The average molecular weight is 204 g/mol. The van der Waals surface area contributed by atoms with Crippen LogP contribution in [-0.4, -0.2) is 38.7 Å². The summed E-state index contributed by atoms with van der Waals surface area (Å²) < 4.78 is 18.5. The molecule has 0 unspecified atom stereocenters. The average Bonchev–Trinajstić information content (AvgIpc) is 2.16. The molecule has 1 saturated heterocycles. The Morgan fingerprint density at radius 3 is 1.43 bits per heavy atom. The molecule has 0 aliphatic carbocycles. The summed E-state index contributed by atoms with van der Waals surface area (Å²) in [4.78, 5) is 21.5. The number of rotatable bonds is 0. The molecular weight excluding hydrogens is 192 g/mol. The van der Waals surface area contributed by atoms with Crippen LogP contribution in [0.1, 0.15) is 12.8 Å². The van der Waals surface area contributed by atoms with Crippen LogP contribution in [0, 0.1) is 0 Å². The predicted molar refractivity (Wildman–Crippen MR) is 43.8 cm³/mol. The van der Waals surface area contributed by atoms with E-state index >= 15 is 0 Å². The molecule has 0 radical (unpaired) electrons. The van der Waals surface area contributed by atoms with E-state index in [1.807, 2.05) is 0 Å². The van der Waals surface area contributed by atoms with Gasteiger partial charge in [0.05, 0.1) is 13.2 Å². The molecule has 0 saturated carbocycles. The molecule has 1 aliphatic heterocycles. The zero-order valence-corrected chi connectivity index (χ0v) is 7.69. The van der Waals surface area contributed by atoms with E-state index < -0.39 is 12.3 Å². The fourth-order valence-electron chi connectivity index (χ4n) is 0.848. The number of carbonyl (C=O) groups excluding carboxylic acids is 2. The molecule has 0 N–H and O–H groups in total. The summed E-state index contributed by atoms with van der Waals surface area (Å²) in [5.41, 5.74) is 0. The van der Waals surface area contributed by atoms with Gasteiger partial charge in [-0.3, -0.25) is 0 Å². The summed E-state index contributed by atoms with van der Waals surface area (Å²) >= 11 is 0. The van der Waals surface area contributed by atoms with Crippen molar-refractivity contribution in [1.82, 2.24) is 0 Å². The van der Waals surface area contributed by atoms with Gasteiger partial charge in [0.25, 0.3) is 0 Å². The van der Waals surface area contributed by atoms with Gasteiger partial charge < -0.3 is 18.9 Å². The zero-order valence-electron chi connectivity index (χ0n) is 7.69. The zero-order chi connectivity index (χ0) is 10.2. The van der Waals surface area contributed by atoms with Crippen LogP contribution < -0.4 is 0 Å². The molecule has 1 rings (SSSR count). The van der Waals surface area contributed by atoms with Crippen molar-refractivity contribution < 1.29 is 28.5 Å². The highest BCUT2D eigenvalue weighted by Crippen LogP contribution is 1.97. The highest BCUT2D eigenvalue weighted by atomic mass is 16.7. The van der Waals surface area contributed by atoms with Crippen LogP contribution in [0.4, 0.5) is 9.59 Å². The van der Waals surface area contributed by atoms with E-state index in [0.29, 0.717) is 12.8 Å². The van der Waals surface area contributed by atoms with Gasteiger partial charge in [-0.1, -0.05) is 0 Å². The molecule has 0 bridgehead atoms. The van der Waals surface area contributed by atoms with Crippen molar-refractivity contribution in [2.24, 2.45) is 0 Å². The molecule has 0 spiro atoms. The van der Waals surface area contributed by atoms with Crippen molar-refractivity contribution in [3.63, 3.8) is 0 Å². The molecule has 0 amide bonds. The van der Waals surface area contributed by atoms with E-state index in [4.69, 9.17) is 0 Å². The van der Waals surface area contributed by atoms with E-state index in [1.165, 1.54) is 0 Å². The maximum absolute atomic E-state index is 10.8. The fraction of sp³-hybridized carbons (Fsp3) is 0.750. The van der Waals surface area contributed by atoms with E-state index in [-0.39, 0.29) is 26.4 Å². The van der Waals surface area contributed by atoms with E-state index in [0.717, 1.165) is 0 Å². The fourth-order valence-corrected chi connectivity index (χ4v) is 0.848. The van der Waals surface area contributed by atoms with Crippen LogP contribution in [0.5, 0.6) is 0 Å². The molecule has 6 heteroatoms. The summed E-state index contributed by atoms with van der Waals surface area (Å²) in [6.07, 6.45) is -0.213. The Hall–Kier alpha value is -1.46. The van der Waals surface area contributed by atoms with Gasteiger partial charge in [-0.05, 0) is 12.8 Å². The van der Waals surface area contributed by atoms with E-state index in [9.17, 15) is 9.59 Å². The molecule has 14 heavy (non-hydrogen) atoms. The monoisotopic (exact) mass is 204 g/mol. The highest BCUT2D eigenvalue weighted by molar-refractivity contribution is 5.60. The molecule has 1 aliphatic rings. The second-order valence-electron chi connectivity index (χ2n) is 2.60. The molecule has 0 aromatic rings. The van der Waals surface area contributed by atoms with Crippen molar-refractivity contribution in [1.29, 1.82) is 0 Å². The predicted octanol–water partition coefficient (Wildman–Crippen LogP) is 1.09. The van der Waals surface area contributed by atoms with Crippen LogP contribution in [0.25, 0.3) is 0 Å². The first-order valence-corrected chi connectivity index (χ1v) is 4.38. The Balaban J connectivity index is 2.27. The smallest absolute Gasteiger partial charge is 0.434 e. The van der Waals surface area contributed by atoms with Gasteiger partial charge in [0, 0.05) is 0 Å². The van der Waals surface area contributed by atoms with Gasteiger partial charge in [0.15, 0.2) is 0 Å². The van der Waals surface area contributed by atoms with Crippen LogP contribution in [0.15, 0.2) is 0 Å². The first-order chi connectivity index (χ1) is 6.79. The minimum Gasteiger partial charge on any atom is -0.434 e. The van der Waals surface area contributed by atoms with Crippen molar-refractivity contribution in [2.45, 2.75) is 12.8 Å². The largest absolute Gasteiger partial charge is 0.508 e. The van der Waals surface area contributed by atoms with Crippen molar-refractivity contribution in [3.05, 3.63) is 0 Å². The molecule has 80 valence electrons. The molecule has 1 fully saturated rings. The first-order valence-electron chi connectivity index (χ1n) is 4.38. The minimum absolute atomic E-state index is 0.0199. The maximum atomic E-state index is 10.8. The Bertz CT molecular complexity index is 180. The Morgan fingerprint density at radius 1 is 0.643 bits per heavy atom. The van der Waals surface area contributed by atoms with Crippen LogP contribution in [0.2, 0.25) is 0 Å². The lowest BCUT2D eigenvalue weighted by Gasteiger charge is -2.09. The second kappa shape index (κ2) is 6.06. The standard InChI is InChI=1S/C8H12O6/c9-7-11-3-1-2-4-12-8(10)14-6-5-13-7/h1-6H2. The van der Waals surface area contributed by atoms with Gasteiger partial charge in [-0.15, -0.1) is 0 Å². The van der Waals surface area contributed by atoms with Crippen molar-refractivity contribution in [2.75, 3.05) is 26.4 Å². The molecule has 6 nitrogen and oxygen atoms in total. The number of hydrogen-bond donors (Lipinski definition) is 0. The normalized spacial score (nSPS) is 20.3. The second-order valence-corrected chi connectivity index (χ2v) is 2.60. The number of carbonyl (C=O) groups is 2. The molecule has 1 heterocycles. The number of cyclic esters (lactones) is 4. The van der Waals surface area contributed by atoms with Gasteiger partial charge >= 0.3 is 12.3 Å². The lowest BCUT2D eigenvalue weighted by Crippen LogP contribution is -2.17. The Labute approximate surface area is 81.1 Å². The van der Waals surface area contributed by atoms with Crippen molar-refractivity contribution in [3.8, 4) is 0 Å². The lowest BCUT2D eigenvalue weighted by atomic mass is 10.3. The highest BCUT2D eigenvalue weighted by Gasteiger charge is 2.08. The van der Waals surface area contributed by atoms with E-state index in [1.54, 1.807) is 0 Å². The SMILES string of the molecule is O=C1OCCCCOC(=O)OCCO1. The summed E-state index contributed by atoms with van der Waals surface area (Å²) in [7, 11) is 0. The van der Waals surface area contributed by atoms with Crippen LogP contribution in [0.3, 0.4) is 0 Å². The summed E-state index contributed by atoms with van der Waals surface area (Å²) in [6.45, 7) is 0.510. The number of ether oxygens (including phenoxy) is 4. The third kappa shape index (κ3) is 4.54. The first kappa shape index (κ1) is 10.6. The maximum Gasteiger partial charge on any atom is 0.508 e. The molecule has 0 aromatic carbocycles. The Morgan fingerprint density at radius 2 is 1.00 bits per heavy atom. The van der Waals surface area contributed by atoms with Gasteiger partial charge in [0.2, 0.25) is 0 Å². The molecule has 0 aromatic heterocycles. The summed E-state index contributed by atoms with van der Waals surface area (Å²) in [5.74, 6) is 0. The number of hydrogen-bond acceptors (Lipinski definition) is 6. The summed E-state index contributed by atoms with van der Waals surface area (Å²) in [6, 6.07) is 0. The molecule has 0 atom stereocenters. The van der Waals surface area contributed by atoms with Gasteiger partial charge in [0.1, 0.15) is 13.2 Å². The lowest BCUT2D eigenvalue weighted by molar-refractivity contribution is 0.0102. The van der Waals surface area contributed by atoms with Gasteiger partial charge in [-0.25, -0.2) is 9.59 Å². The topological polar surface area (TPSA) is 71.1 Å². The quantitative estimate of drug-likeness (QED) is 0.550.